The number of rotatable bonds is 4. The number of fused-ring (bicyclic) bond motifs is 1. The predicted octanol–water partition coefficient (Wildman–Crippen LogP) is 2.60. The summed E-state index contributed by atoms with van der Waals surface area (Å²) in [5.41, 5.74) is 2.66. The topological polar surface area (TPSA) is 52.9 Å². The summed E-state index contributed by atoms with van der Waals surface area (Å²) in [7, 11) is 0. The van der Waals surface area contributed by atoms with Gasteiger partial charge in [0, 0.05) is 12.0 Å². The fourth-order valence-corrected chi connectivity index (χ4v) is 2.65. The Hall–Kier alpha value is -1.82. The normalized spacial score (nSPS) is 19.1. The first kappa shape index (κ1) is 13.6. The van der Waals surface area contributed by atoms with Gasteiger partial charge in [-0.25, -0.2) is 0 Å². The largest absolute Gasteiger partial charge is 0.352 e. The van der Waals surface area contributed by atoms with Gasteiger partial charge in [-0.15, -0.1) is 0 Å². The molecule has 1 aromatic rings. The van der Waals surface area contributed by atoms with E-state index in [9.17, 15) is 4.79 Å². The molecule has 1 amide bonds. The molecule has 0 aliphatic heterocycles. The fourth-order valence-electron chi connectivity index (χ4n) is 2.65. The van der Waals surface area contributed by atoms with E-state index >= 15 is 0 Å². The van der Waals surface area contributed by atoms with Crippen molar-refractivity contribution in [2.24, 2.45) is 5.92 Å². The van der Waals surface area contributed by atoms with Gasteiger partial charge in [0.25, 0.3) is 0 Å². The molecule has 2 atom stereocenters. The summed E-state index contributed by atoms with van der Waals surface area (Å²) in [4.78, 5) is 12.2. The van der Waals surface area contributed by atoms with Crippen molar-refractivity contribution in [3.63, 3.8) is 0 Å². The van der Waals surface area contributed by atoms with Crippen molar-refractivity contribution in [3.8, 4) is 6.07 Å². The van der Waals surface area contributed by atoms with Gasteiger partial charge in [0.05, 0.1) is 12.5 Å². The molecule has 0 bridgehead atoms. The third-order valence-electron chi connectivity index (χ3n) is 3.89. The van der Waals surface area contributed by atoms with Gasteiger partial charge < -0.3 is 5.32 Å². The van der Waals surface area contributed by atoms with Crippen molar-refractivity contribution >= 4 is 5.91 Å². The lowest BCUT2D eigenvalue weighted by Crippen LogP contribution is -2.40. The molecule has 0 saturated heterocycles. The Morgan fingerprint density at radius 2 is 2.21 bits per heavy atom. The SMILES string of the molecule is CCC(CC#N)NC(=O)C1CCc2ccccc2C1. The predicted molar refractivity (Wildman–Crippen MR) is 74.4 cm³/mol. The summed E-state index contributed by atoms with van der Waals surface area (Å²) in [6.07, 6.45) is 3.91. The van der Waals surface area contributed by atoms with Crippen LogP contribution in [0.1, 0.15) is 37.3 Å². The van der Waals surface area contributed by atoms with Gasteiger partial charge in [0.15, 0.2) is 0 Å². The summed E-state index contributed by atoms with van der Waals surface area (Å²) in [5.74, 6) is 0.166. The highest BCUT2D eigenvalue weighted by Crippen LogP contribution is 2.25. The van der Waals surface area contributed by atoms with E-state index in [2.05, 4.69) is 29.6 Å². The molecule has 0 fully saturated rings. The molecule has 2 rings (SSSR count). The van der Waals surface area contributed by atoms with Crippen molar-refractivity contribution in [3.05, 3.63) is 35.4 Å². The monoisotopic (exact) mass is 256 g/mol. The van der Waals surface area contributed by atoms with Crippen LogP contribution >= 0.6 is 0 Å². The number of hydrogen-bond donors (Lipinski definition) is 1. The second-order valence-electron chi connectivity index (χ2n) is 5.18. The van der Waals surface area contributed by atoms with E-state index in [0.29, 0.717) is 6.42 Å². The Bertz CT molecular complexity index is 490. The molecule has 3 heteroatoms. The Kier molecular flexibility index (Phi) is 4.57. The zero-order valence-electron chi connectivity index (χ0n) is 11.4. The molecule has 3 nitrogen and oxygen atoms in total. The minimum Gasteiger partial charge on any atom is -0.352 e. The van der Waals surface area contributed by atoms with E-state index < -0.39 is 0 Å². The van der Waals surface area contributed by atoms with Crippen LogP contribution in [0.15, 0.2) is 24.3 Å². The average molecular weight is 256 g/mol. The molecule has 0 saturated carbocycles. The van der Waals surface area contributed by atoms with Gasteiger partial charge >= 0.3 is 0 Å². The van der Waals surface area contributed by atoms with E-state index in [1.165, 1.54) is 11.1 Å². The van der Waals surface area contributed by atoms with Crippen molar-refractivity contribution in [1.82, 2.24) is 5.32 Å². The number of nitrogens with one attached hydrogen (secondary N) is 1. The van der Waals surface area contributed by atoms with Crippen LogP contribution in [0.5, 0.6) is 0 Å². The van der Waals surface area contributed by atoms with Gasteiger partial charge in [-0.3, -0.25) is 4.79 Å². The fraction of sp³-hybridized carbons (Fsp3) is 0.500. The van der Waals surface area contributed by atoms with E-state index in [4.69, 9.17) is 5.26 Å². The summed E-state index contributed by atoms with van der Waals surface area (Å²) >= 11 is 0. The number of carbonyl (C=O) groups excluding carboxylic acids is 1. The highest BCUT2D eigenvalue weighted by atomic mass is 16.1. The summed E-state index contributed by atoms with van der Waals surface area (Å²) < 4.78 is 0. The third kappa shape index (κ3) is 3.35. The lowest BCUT2D eigenvalue weighted by molar-refractivity contribution is -0.126. The molecule has 1 N–H and O–H groups in total. The minimum absolute atomic E-state index is 0.00493. The van der Waals surface area contributed by atoms with Crippen molar-refractivity contribution in [1.29, 1.82) is 5.26 Å². The summed E-state index contributed by atoms with van der Waals surface area (Å²) in [5, 5.41) is 11.7. The maximum atomic E-state index is 12.2. The molecule has 19 heavy (non-hydrogen) atoms. The van der Waals surface area contributed by atoms with Gasteiger partial charge in [-0.05, 0) is 36.8 Å². The molecule has 0 radical (unpaired) electrons. The molecule has 0 heterocycles. The number of aryl methyl sites for hydroxylation is 1. The molecule has 100 valence electrons. The first-order valence-electron chi connectivity index (χ1n) is 6.98. The van der Waals surface area contributed by atoms with Crippen LogP contribution in [0, 0.1) is 17.2 Å². The number of amides is 1. The molecule has 1 aliphatic rings. The number of hydrogen-bond acceptors (Lipinski definition) is 2. The van der Waals surface area contributed by atoms with Gasteiger partial charge in [0.1, 0.15) is 0 Å². The van der Waals surface area contributed by atoms with Gasteiger partial charge in [-0.2, -0.15) is 5.26 Å². The van der Waals surface area contributed by atoms with Crippen LogP contribution in [-0.4, -0.2) is 11.9 Å². The number of carbonyl (C=O) groups is 1. The van der Waals surface area contributed by atoms with E-state index in [1.54, 1.807) is 0 Å². The number of nitrogens with zero attached hydrogens (tertiary/aromatic N) is 1. The maximum absolute atomic E-state index is 12.2. The molecule has 0 aromatic heterocycles. The summed E-state index contributed by atoms with van der Waals surface area (Å²) in [6, 6.07) is 10.5. The van der Waals surface area contributed by atoms with E-state index in [0.717, 1.165) is 25.7 Å². The molecule has 1 aliphatic carbocycles. The highest BCUT2D eigenvalue weighted by molar-refractivity contribution is 5.79. The first-order chi connectivity index (χ1) is 9.24. The first-order valence-corrected chi connectivity index (χ1v) is 6.98. The van der Waals surface area contributed by atoms with Crippen LogP contribution < -0.4 is 5.32 Å². The minimum atomic E-state index is -0.00493. The third-order valence-corrected chi connectivity index (χ3v) is 3.89. The van der Waals surface area contributed by atoms with Crippen LogP contribution in [0.2, 0.25) is 0 Å². The Morgan fingerprint density at radius 1 is 1.47 bits per heavy atom. The van der Waals surface area contributed by atoms with E-state index in [1.807, 2.05) is 13.0 Å². The quantitative estimate of drug-likeness (QED) is 0.900. The molecule has 2 unspecified atom stereocenters. The lowest BCUT2D eigenvalue weighted by atomic mass is 9.83. The zero-order valence-corrected chi connectivity index (χ0v) is 11.4. The zero-order chi connectivity index (χ0) is 13.7. The Balaban J connectivity index is 1.97. The Morgan fingerprint density at radius 3 is 2.89 bits per heavy atom. The van der Waals surface area contributed by atoms with Crippen molar-refractivity contribution in [2.75, 3.05) is 0 Å². The molecular weight excluding hydrogens is 236 g/mol. The smallest absolute Gasteiger partial charge is 0.223 e. The van der Waals surface area contributed by atoms with Crippen LogP contribution in [-0.2, 0) is 17.6 Å². The van der Waals surface area contributed by atoms with Crippen molar-refractivity contribution < 1.29 is 4.79 Å². The van der Waals surface area contributed by atoms with Gasteiger partial charge in [0.2, 0.25) is 5.91 Å². The van der Waals surface area contributed by atoms with Crippen molar-refractivity contribution in [2.45, 2.75) is 45.1 Å². The maximum Gasteiger partial charge on any atom is 0.223 e. The number of benzene rings is 1. The second kappa shape index (κ2) is 6.38. The Labute approximate surface area is 114 Å². The van der Waals surface area contributed by atoms with Gasteiger partial charge in [-0.1, -0.05) is 31.2 Å². The number of nitriles is 1. The lowest BCUT2D eigenvalue weighted by Gasteiger charge is -2.25. The molecular formula is C16H20N2O. The molecule has 1 aromatic carbocycles. The average Bonchev–Trinajstić information content (AvgIpc) is 2.46. The second-order valence-corrected chi connectivity index (χ2v) is 5.18. The van der Waals surface area contributed by atoms with Crippen LogP contribution in [0.4, 0.5) is 0 Å². The molecule has 0 spiro atoms. The highest BCUT2D eigenvalue weighted by Gasteiger charge is 2.25. The standard InChI is InChI=1S/C16H20N2O/c1-2-15(9-10-17)18-16(19)14-8-7-12-5-3-4-6-13(12)11-14/h3-6,14-15H,2,7-9,11H2,1H3,(H,18,19). The van der Waals surface area contributed by atoms with E-state index in [-0.39, 0.29) is 17.9 Å². The van der Waals surface area contributed by atoms with Crippen LogP contribution in [0.3, 0.4) is 0 Å². The van der Waals surface area contributed by atoms with Crippen LogP contribution in [0.25, 0.3) is 0 Å². The summed E-state index contributed by atoms with van der Waals surface area (Å²) in [6.45, 7) is 2.00.